The Hall–Kier alpha value is -2.20. The van der Waals surface area contributed by atoms with Crippen LogP contribution in [0.1, 0.15) is 24.0 Å². The van der Waals surface area contributed by atoms with Gasteiger partial charge in [0.2, 0.25) is 5.91 Å². The third-order valence-electron chi connectivity index (χ3n) is 4.46. The summed E-state index contributed by atoms with van der Waals surface area (Å²) < 4.78 is 10.6. The van der Waals surface area contributed by atoms with Crippen LogP contribution < -0.4 is 14.4 Å². The van der Waals surface area contributed by atoms with Crippen molar-refractivity contribution >= 4 is 23.2 Å². The lowest BCUT2D eigenvalue weighted by atomic mass is 9.93. The molecule has 1 aliphatic rings. The molecule has 0 aliphatic carbocycles. The number of amides is 1. The number of benzene rings is 2. The van der Waals surface area contributed by atoms with Crippen LogP contribution in [-0.4, -0.2) is 26.7 Å². The number of hydrogen-bond donors (Lipinski definition) is 0. The van der Waals surface area contributed by atoms with Gasteiger partial charge in [-0.15, -0.1) is 0 Å². The maximum absolute atomic E-state index is 12.8. The Kier molecular flexibility index (Phi) is 4.67. The second kappa shape index (κ2) is 6.73. The van der Waals surface area contributed by atoms with Crippen molar-refractivity contribution in [2.45, 2.75) is 19.3 Å². The molecule has 0 saturated carbocycles. The van der Waals surface area contributed by atoms with Gasteiger partial charge in [0, 0.05) is 23.3 Å². The smallest absolute Gasteiger partial charge is 0.234 e. The Labute approximate surface area is 146 Å². The molecule has 0 fully saturated rings. The predicted molar refractivity (Wildman–Crippen MR) is 95.5 cm³/mol. The number of rotatable bonds is 5. The number of likely N-dealkylation sites (N-methyl/N-ethyl adjacent to an activating group) is 1. The fourth-order valence-corrected chi connectivity index (χ4v) is 3.49. The number of nitrogens with zero attached hydrogens (tertiary/aromatic N) is 1. The number of ether oxygens (including phenoxy) is 2. The van der Waals surface area contributed by atoms with Crippen molar-refractivity contribution in [2.24, 2.45) is 0 Å². The van der Waals surface area contributed by atoms with Crippen molar-refractivity contribution in [3.63, 3.8) is 0 Å². The second-order valence-corrected chi connectivity index (χ2v) is 6.10. The van der Waals surface area contributed by atoms with Gasteiger partial charge in [0.15, 0.2) is 11.5 Å². The van der Waals surface area contributed by atoms with Crippen LogP contribution in [0.4, 0.5) is 5.69 Å². The molecule has 2 aromatic carbocycles. The fourth-order valence-electron chi connectivity index (χ4n) is 3.26. The topological polar surface area (TPSA) is 38.8 Å². The predicted octanol–water partition coefficient (Wildman–Crippen LogP) is 4.05. The molecule has 0 saturated heterocycles. The summed E-state index contributed by atoms with van der Waals surface area (Å²) in [6.07, 6.45) is 0.533. The summed E-state index contributed by atoms with van der Waals surface area (Å²) >= 11 is 6.40. The van der Waals surface area contributed by atoms with Crippen molar-refractivity contribution in [3.8, 4) is 11.5 Å². The van der Waals surface area contributed by atoms with Crippen molar-refractivity contribution in [2.75, 3.05) is 25.7 Å². The molecule has 0 N–H and O–H groups in total. The van der Waals surface area contributed by atoms with Crippen LogP contribution in [0, 0.1) is 0 Å². The van der Waals surface area contributed by atoms with Crippen LogP contribution in [0.2, 0.25) is 5.02 Å². The summed E-state index contributed by atoms with van der Waals surface area (Å²) in [5, 5.41) is 0.577. The molecule has 0 bridgehead atoms. The zero-order valence-corrected chi connectivity index (χ0v) is 14.8. The minimum Gasteiger partial charge on any atom is -0.493 e. The normalized spacial score (nSPS) is 16.2. The number of carbonyl (C=O) groups is 1. The lowest BCUT2D eigenvalue weighted by Crippen LogP contribution is -2.29. The van der Waals surface area contributed by atoms with E-state index < -0.39 is 0 Å². The first kappa shape index (κ1) is 16.7. The van der Waals surface area contributed by atoms with Gasteiger partial charge < -0.3 is 14.4 Å². The lowest BCUT2D eigenvalue weighted by Gasteiger charge is -2.16. The molecule has 1 atom stereocenters. The summed E-state index contributed by atoms with van der Waals surface area (Å²) in [5.74, 6) is 1.09. The van der Waals surface area contributed by atoms with Crippen LogP contribution in [0.15, 0.2) is 36.4 Å². The van der Waals surface area contributed by atoms with Crippen molar-refractivity contribution in [1.82, 2.24) is 0 Å². The molecule has 126 valence electrons. The summed E-state index contributed by atoms with van der Waals surface area (Å²) in [4.78, 5) is 14.6. The van der Waals surface area contributed by atoms with Crippen LogP contribution in [0.25, 0.3) is 0 Å². The first-order valence-corrected chi connectivity index (χ1v) is 8.29. The molecule has 0 aromatic heterocycles. The first-order chi connectivity index (χ1) is 11.6. The molecular weight excluding hydrogens is 326 g/mol. The van der Waals surface area contributed by atoms with E-state index in [0.717, 1.165) is 16.8 Å². The van der Waals surface area contributed by atoms with Gasteiger partial charge in [-0.2, -0.15) is 0 Å². The van der Waals surface area contributed by atoms with Crippen molar-refractivity contribution in [3.05, 3.63) is 52.5 Å². The number of anilines is 1. The van der Waals surface area contributed by atoms with Crippen LogP contribution in [0.5, 0.6) is 11.5 Å². The van der Waals surface area contributed by atoms with E-state index in [1.807, 2.05) is 42.2 Å². The standard InChI is InChI=1S/C19H20ClNO3/c1-4-21-16-8-6-5-7-13(16)14(19(21)22)9-12-10-17(23-2)18(24-3)11-15(12)20/h5-8,10-11,14H,4,9H2,1-3H3/t14-/m0/s1. The first-order valence-electron chi connectivity index (χ1n) is 7.91. The monoisotopic (exact) mass is 345 g/mol. The molecule has 2 aromatic rings. The SMILES string of the molecule is CCN1C(=O)[C@@H](Cc2cc(OC)c(OC)cc2Cl)c2ccccc21. The van der Waals surface area contributed by atoms with E-state index >= 15 is 0 Å². The third-order valence-corrected chi connectivity index (χ3v) is 4.81. The van der Waals surface area contributed by atoms with Gasteiger partial charge in [0.1, 0.15) is 0 Å². The molecule has 1 heterocycles. The van der Waals surface area contributed by atoms with E-state index in [4.69, 9.17) is 21.1 Å². The van der Waals surface area contributed by atoms with Gasteiger partial charge in [0.25, 0.3) is 0 Å². The van der Waals surface area contributed by atoms with Crippen molar-refractivity contribution < 1.29 is 14.3 Å². The van der Waals surface area contributed by atoms with E-state index in [-0.39, 0.29) is 11.8 Å². The summed E-state index contributed by atoms with van der Waals surface area (Å²) in [5.41, 5.74) is 2.92. The minimum absolute atomic E-state index is 0.115. The number of carbonyl (C=O) groups excluding carboxylic acids is 1. The molecule has 1 aliphatic heterocycles. The number of para-hydroxylation sites is 1. The number of halogens is 1. The van der Waals surface area contributed by atoms with Gasteiger partial charge in [0.05, 0.1) is 20.1 Å². The van der Waals surface area contributed by atoms with Gasteiger partial charge >= 0.3 is 0 Å². The zero-order valence-electron chi connectivity index (χ0n) is 14.0. The van der Waals surface area contributed by atoms with Gasteiger partial charge in [-0.1, -0.05) is 29.8 Å². The Balaban J connectivity index is 1.98. The fraction of sp³-hybridized carbons (Fsp3) is 0.316. The number of hydrogen-bond acceptors (Lipinski definition) is 3. The van der Waals surface area contributed by atoms with E-state index in [9.17, 15) is 4.79 Å². The highest BCUT2D eigenvalue weighted by Crippen LogP contribution is 2.41. The Morgan fingerprint density at radius 1 is 1.12 bits per heavy atom. The highest BCUT2D eigenvalue weighted by Gasteiger charge is 2.36. The summed E-state index contributed by atoms with van der Waals surface area (Å²) in [6.45, 7) is 2.65. The highest BCUT2D eigenvalue weighted by molar-refractivity contribution is 6.31. The van der Waals surface area contributed by atoms with E-state index in [0.29, 0.717) is 29.5 Å². The van der Waals surface area contributed by atoms with Crippen LogP contribution in [0.3, 0.4) is 0 Å². The zero-order chi connectivity index (χ0) is 17.3. The number of fused-ring (bicyclic) bond motifs is 1. The maximum atomic E-state index is 12.8. The molecule has 0 unspecified atom stereocenters. The van der Waals surface area contributed by atoms with Gasteiger partial charge in [-0.05, 0) is 36.6 Å². The molecule has 0 spiro atoms. The molecule has 5 heteroatoms. The quantitative estimate of drug-likeness (QED) is 0.820. The Morgan fingerprint density at radius 3 is 2.46 bits per heavy atom. The molecule has 0 radical (unpaired) electrons. The maximum Gasteiger partial charge on any atom is 0.234 e. The Morgan fingerprint density at radius 2 is 1.79 bits per heavy atom. The van der Waals surface area contributed by atoms with Gasteiger partial charge in [-0.25, -0.2) is 0 Å². The molecular formula is C19H20ClNO3. The van der Waals surface area contributed by atoms with Gasteiger partial charge in [-0.3, -0.25) is 4.79 Å². The van der Waals surface area contributed by atoms with E-state index in [1.165, 1.54) is 0 Å². The van der Waals surface area contributed by atoms with E-state index in [1.54, 1.807) is 20.3 Å². The number of methoxy groups -OCH3 is 2. The Bertz CT molecular complexity index is 775. The molecule has 1 amide bonds. The second-order valence-electron chi connectivity index (χ2n) is 5.70. The summed E-state index contributed by atoms with van der Waals surface area (Å²) in [7, 11) is 3.16. The van der Waals surface area contributed by atoms with E-state index in [2.05, 4.69) is 0 Å². The third kappa shape index (κ3) is 2.71. The van der Waals surface area contributed by atoms with Crippen LogP contribution in [-0.2, 0) is 11.2 Å². The minimum atomic E-state index is -0.225. The van der Waals surface area contributed by atoms with Crippen LogP contribution >= 0.6 is 11.6 Å². The molecule has 24 heavy (non-hydrogen) atoms. The van der Waals surface area contributed by atoms with Crippen molar-refractivity contribution in [1.29, 1.82) is 0 Å². The average Bonchev–Trinajstić information content (AvgIpc) is 2.87. The summed E-state index contributed by atoms with van der Waals surface area (Å²) in [6, 6.07) is 11.5. The largest absolute Gasteiger partial charge is 0.493 e. The molecule has 4 nitrogen and oxygen atoms in total. The average molecular weight is 346 g/mol. The molecule has 3 rings (SSSR count). The highest BCUT2D eigenvalue weighted by atomic mass is 35.5. The lowest BCUT2D eigenvalue weighted by molar-refractivity contribution is -0.119.